The van der Waals surface area contributed by atoms with E-state index in [4.69, 9.17) is 46.9 Å². The summed E-state index contributed by atoms with van der Waals surface area (Å²) in [7, 11) is 1.52. The Balaban J connectivity index is 1.96. The quantitative estimate of drug-likeness (QED) is 0.689. The molecule has 0 saturated heterocycles. The first-order chi connectivity index (χ1) is 13.6. The first kappa shape index (κ1) is 20.7. The first-order valence-electron chi connectivity index (χ1n) is 8.55. The smallest absolute Gasteiger partial charge is 0.204 e. The third-order valence-electron chi connectivity index (χ3n) is 4.00. The number of benzene rings is 1. The van der Waals surface area contributed by atoms with E-state index in [0.717, 1.165) is 0 Å². The first-order valence-corrected chi connectivity index (χ1v) is 9.30. The van der Waals surface area contributed by atoms with E-state index in [1.807, 2.05) is 0 Å². The summed E-state index contributed by atoms with van der Waals surface area (Å²) in [5.41, 5.74) is 0.835. The van der Waals surface area contributed by atoms with E-state index in [1.54, 1.807) is 12.1 Å². The van der Waals surface area contributed by atoms with Crippen molar-refractivity contribution in [1.29, 1.82) is 0 Å². The second-order valence-corrected chi connectivity index (χ2v) is 6.60. The van der Waals surface area contributed by atoms with Crippen LogP contribution in [0.3, 0.4) is 0 Å². The van der Waals surface area contributed by atoms with Gasteiger partial charge in [0.15, 0.2) is 17.3 Å². The van der Waals surface area contributed by atoms with Crippen LogP contribution in [0.2, 0.25) is 10.0 Å². The average Bonchev–Trinajstić information content (AvgIpc) is 2.74. The second-order valence-electron chi connectivity index (χ2n) is 5.79. The standard InChI is InChI=1S/C19H19Cl2NO6/c1-24-17-3-2-12(16(23)8-13-14(20)9-22-10-15(13)21)18-19(17)28-7-5-26-11-25-4-6-27-18/h2-3,9-10H,4-8,11H2,1H3. The van der Waals surface area contributed by atoms with Gasteiger partial charge in [-0.1, -0.05) is 23.2 Å². The molecule has 2 aromatic rings. The summed E-state index contributed by atoms with van der Waals surface area (Å²) in [6, 6.07) is 3.28. The lowest BCUT2D eigenvalue weighted by Crippen LogP contribution is -2.13. The van der Waals surface area contributed by atoms with Gasteiger partial charge in [0.25, 0.3) is 0 Å². The number of carbonyl (C=O) groups excluding carboxylic acids is 1. The van der Waals surface area contributed by atoms with Crippen molar-refractivity contribution < 1.29 is 28.5 Å². The van der Waals surface area contributed by atoms with Gasteiger partial charge in [-0.15, -0.1) is 0 Å². The zero-order valence-corrected chi connectivity index (χ0v) is 16.7. The van der Waals surface area contributed by atoms with E-state index < -0.39 is 0 Å². The Morgan fingerprint density at radius 1 is 1.04 bits per heavy atom. The largest absolute Gasteiger partial charge is 0.493 e. The number of carbonyl (C=O) groups is 1. The Morgan fingerprint density at radius 3 is 2.32 bits per heavy atom. The Bertz CT molecular complexity index is 825. The number of halogens is 2. The lowest BCUT2D eigenvalue weighted by Gasteiger charge is -2.18. The van der Waals surface area contributed by atoms with Crippen LogP contribution in [0.25, 0.3) is 0 Å². The SMILES string of the molecule is COc1ccc(C(=O)Cc2c(Cl)cncc2Cl)c2c1OCCOCOCCO2. The number of pyridine rings is 1. The molecule has 0 N–H and O–H groups in total. The molecule has 1 aromatic heterocycles. The van der Waals surface area contributed by atoms with Crippen LogP contribution in [-0.2, 0) is 15.9 Å². The van der Waals surface area contributed by atoms with Crippen LogP contribution in [0.1, 0.15) is 15.9 Å². The number of ether oxygens (including phenoxy) is 5. The summed E-state index contributed by atoms with van der Waals surface area (Å²) in [6.45, 7) is 1.22. The average molecular weight is 428 g/mol. The van der Waals surface area contributed by atoms with Gasteiger partial charge >= 0.3 is 0 Å². The lowest BCUT2D eigenvalue weighted by atomic mass is 10.0. The molecule has 0 radical (unpaired) electrons. The molecule has 0 spiro atoms. The molecule has 0 amide bonds. The number of Topliss-reactive ketones (excluding diaryl/α,β-unsaturated/α-hetero) is 1. The number of rotatable bonds is 4. The molecule has 0 fully saturated rings. The number of ketones is 1. The molecule has 2 heterocycles. The fraction of sp³-hybridized carbons (Fsp3) is 0.368. The number of fused-ring (bicyclic) bond motifs is 1. The third kappa shape index (κ3) is 4.86. The van der Waals surface area contributed by atoms with Crippen molar-refractivity contribution >= 4 is 29.0 Å². The molecule has 0 unspecified atom stereocenters. The summed E-state index contributed by atoms with van der Waals surface area (Å²) in [5.74, 6) is 0.846. The van der Waals surface area contributed by atoms with Crippen molar-refractivity contribution in [2.45, 2.75) is 6.42 Å². The number of aromatic nitrogens is 1. The molecule has 1 aliphatic heterocycles. The van der Waals surface area contributed by atoms with Crippen molar-refractivity contribution in [3.05, 3.63) is 45.7 Å². The third-order valence-corrected chi connectivity index (χ3v) is 4.65. The van der Waals surface area contributed by atoms with Gasteiger partial charge < -0.3 is 23.7 Å². The maximum Gasteiger partial charge on any atom is 0.204 e. The van der Waals surface area contributed by atoms with Gasteiger partial charge in [0.05, 0.1) is 35.9 Å². The van der Waals surface area contributed by atoms with Gasteiger partial charge in [-0.2, -0.15) is 0 Å². The lowest BCUT2D eigenvalue weighted by molar-refractivity contribution is -0.0637. The number of nitrogens with zero attached hydrogens (tertiary/aromatic N) is 1. The predicted molar refractivity (Wildman–Crippen MR) is 103 cm³/mol. The van der Waals surface area contributed by atoms with Gasteiger partial charge in [0.1, 0.15) is 20.0 Å². The predicted octanol–water partition coefficient (Wildman–Crippen LogP) is 3.58. The summed E-state index contributed by atoms with van der Waals surface area (Å²) in [4.78, 5) is 16.9. The monoisotopic (exact) mass is 427 g/mol. The summed E-state index contributed by atoms with van der Waals surface area (Å²) in [5, 5.41) is 0.648. The highest BCUT2D eigenvalue weighted by Crippen LogP contribution is 2.41. The van der Waals surface area contributed by atoms with Crippen LogP contribution in [0.5, 0.6) is 17.2 Å². The minimum Gasteiger partial charge on any atom is -0.493 e. The van der Waals surface area contributed by atoms with Gasteiger partial charge in [0.2, 0.25) is 5.75 Å². The molecule has 3 rings (SSSR count). The van der Waals surface area contributed by atoms with Crippen LogP contribution in [0, 0.1) is 0 Å². The Kier molecular flexibility index (Phi) is 7.33. The van der Waals surface area contributed by atoms with Gasteiger partial charge in [-0.05, 0) is 12.1 Å². The molecule has 9 heteroatoms. The van der Waals surface area contributed by atoms with Crippen molar-refractivity contribution in [3.8, 4) is 17.2 Å². The molecule has 1 aliphatic rings. The maximum atomic E-state index is 13.0. The van der Waals surface area contributed by atoms with Crippen LogP contribution >= 0.6 is 23.2 Å². The van der Waals surface area contributed by atoms with Crippen LogP contribution in [-0.4, -0.2) is 51.1 Å². The Hall–Kier alpha value is -2.06. The highest BCUT2D eigenvalue weighted by molar-refractivity contribution is 6.36. The molecule has 0 saturated carbocycles. The fourth-order valence-corrected chi connectivity index (χ4v) is 3.15. The highest BCUT2D eigenvalue weighted by Gasteiger charge is 2.23. The topological polar surface area (TPSA) is 76.1 Å². The van der Waals surface area contributed by atoms with E-state index >= 15 is 0 Å². The van der Waals surface area contributed by atoms with Gasteiger partial charge in [0, 0.05) is 24.4 Å². The molecule has 150 valence electrons. The van der Waals surface area contributed by atoms with Crippen molar-refractivity contribution in [1.82, 2.24) is 4.98 Å². The van der Waals surface area contributed by atoms with Crippen molar-refractivity contribution in [3.63, 3.8) is 0 Å². The van der Waals surface area contributed by atoms with Crippen LogP contribution in [0.15, 0.2) is 24.5 Å². The van der Waals surface area contributed by atoms with Crippen LogP contribution < -0.4 is 14.2 Å². The molecular formula is C19H19Cl2NO6. The van der Waals surface area contributed by atoms with E-state index in [-0.39, 0.29) is 38.0 Å². The van der Waals surface area contributed by atoms with E-state index in [1.165, 1.54) is 19.5 Å². The molecule has 0 aliphatic carbocycles. The zero-order chi connectivity index (χ0) is 19.9. The van der Waals surface area contributed by atoms with Crippen molar-refractivity contribution in [2.24, 2.45) is 0 Å². The second kappa shape index (κ2) is 9.93. The molecule has 7 nitrogen and oxygen atoms in total. The molecule has 28 heavy (non-hydrogen) atoms. The Morgan fingerprint density at radius 2 is 1.68 bits per heavy atom. The number of hydrogen-bond acceptors (Lipinski definition) is 7. The minimum absolute atomic E-state index is 0.0120. The van der Waals surface area contributed by atoms with E-state index in [2.05, 4.69) is 4.98 Å². The maximum absolute atomic E-state index is 13.0. The Labute approximate surface area is 172 Å². The molecule has 1 aromatic carbocycles. The molecule has 0 bridgehead atoms. The van der Waals surface area contributed by atoms with E-state index in [9.17, 15) is 4.79 Å². The fourth-order valence-electron chi connectivity index (χ4n) is 2.65. The zero-order valence-electron chi connectivity index (χ0n) is 15.2. The minimum atomic E-state index is -0.232. The molecule has 0 atom stereocenters. The highest BCUT2D eigenvalue weighted by atomic mass is 35.5. The number of methoxy groups -OCH3 is 1. The van der Waals surface area contributed by atoms with Crippen molar-refractivity contribution in [2.75, 3.05) is 40.3 Å². The number of hydrogen-bond donors (Lipinski definition) is 0. The molecular weight excluding hydrogens is 409 g/mol. The summed E-state index contributed by atoms with van der Waals surface area (Å²) >= 11 is 12.3. The summed E-state index contributed by atoms with van der Waals surface area (Å²) < 4.78 is 27.6. The van der Waals surface area contributed by atoms with Gasteiger partial charge in [-0.3, -0.25) is 9.78 Å². The van der Waals surface area contributed by atoms with Gasteiger partial charge in [-0.25, -0.2) is 0 Å². The van der Waals surface area contributed by atoms with Crippen LogP contribution in [0.4, 0.5) is 0 Å². The van der Waals surface area contributed by atoms with E-state index in [0.29, 0.717) is 45.9 Å². The normalized spacial score (nSPS) is 14.8. The summed E-state index contributed by atoms with van der Waals surface area (Å²) in [6.07, 6.45) is 2.88.